The Bertz CT molecular complexity index is 481. The van der Waals surface area contributed by atoms with Crippen LogP contribution in [-0.4, -0.2) is 12.0 Å². The van der Waals surface area contributed by atoms with E-state index in [9.17, 15) is 18.0 Å². The summed E-state index contributed by atoms with van der Waals surface area (Å²) in [5, 5.41) is 2.27. The second kappa shape index (κ2) is 5.77. The highest BCUT2D eigenvalue weighted by Crippen LogP contribution is 2.38. The predicted octanol–water partition coefficient (Wildman–Crippen LogP) is 3.62. The maximum absolute atomic E-state index is 12.9. The van der Waals surface area contributed by atoms with E-state index in [2.05, 4.69) is 11.9 Å². The van der Waals surface area contributed by atoms with Crippen molar-refractivity contribution in [3.05, 3.63) is 36.4 Å². The van der Waals surface area contributed by atoms with Crippen molar-refractivity contribution >= 4 is 11.6 Å². The number of hydrogen-bond acceptors (Lipinski definition) is 2. The van der Waals surface area contributed by atoms with Crippen LogP contribution in [0, 0.1) is 0 Å². The molecule has 104 valence electrons. The summed E-state index contributed by atoms with van der Waals surface area (Å²) in [6, 6.07) is 3.36. The fraction of sp³-hybridized carbons (Fsp3) is 0.308. The lowest BCUT2D eigenvalue weighted by Crippen LogP contribution is -2.14. The van der Waals surface area contributed by atoms with Gasteiger partial charge in [-0.3, -0.25) is 4.79 Å². The smallest absolute Gasteiger partial charge is 0.420 e. The highest BCUT2D eigenvalue weighted by Gasteiger charge is 2.35. The predicted molar refractivity (Wildman–Crippen MR) is 66.0 cm³/mol. The number of rotatable bonds is 4. The van der Waals surface area contributed by atoms with Gasteiger partial charge in [0.2, 0.25) is 5.91 Å². The number of nitrogens with one attached hydrogen (secondary N) is 1. The third kappa shape index (κ3) is 4.31. The van der Waals surface area contributed by atoms with Crippen molar-refractivity contribution in [1.29, 1.82) is 0 Å². The molecule has 0 aliphatic carbocycles. The number of benzene rings is 1. The fourth-order valence-corrected chi connectivity index (χ4v) is 1.38. The number of alkyl halides is 3. The minimum Gasteiger partial charge on any atom is -0.490 e. The molecule has 0 aromatic heterocycles. The summed E-state index contributed by atoms with van der Waals surface area (Å²) >= 11 is 0. The molecule has 0 bridgehead atoms. The summed E-state index contributed by atoms with van der Waals surface area (Å²) in [6.45, 7) is 6.49. The maximum atomic E-state index is 12.9. The lowest BCUT2D eigenvalue weighted by atomic mass is 10.1. The Morgan fingerprint density at radius 2 is 2.05 bits per heavy atom. The van der Waals surface area contributed by atoms with Crippen LogP contribution in [0.25, 0.3) is 0 Å². The van der Waals surface area contributed by atoms with Gasteiger partial charge in [0.15, 0.2) is 0 Å². The zero-order chi connectivity index (χ0) is 14.6. The van der Waals surface area contributed by atoms with E-state index in [1.807, 2.05) is 0 Å². The van der Waals surface area contributed by atoms with Crippen LogP contribution in [0.3, 0.4) is 0 Å². The fourth-order valence-electron chi connectivity index (χ4n) is 1.38. The van der Waals surface area contributed by atoms with E-state index in [0.717, 1.165) is 12.1 Å². The Morgan fingerprint density at radius 3 is 2.53 bits per heavy atom. The van der Waals surface area contributed by atoms with Crippen molar-refractivity contribution in [2.75, 3.05) is 5.32 Å². The third-order valence-electron chi connectivity index (χ3n) is 2.10. The first-order valence-electron chi connectivity index (χ1n) is 5.55. The van der Waals surface area contributed by atoms with Crippen molar-refractivity contribution < 1.29 is 22.7 Å². The normalized spacial score (nSPS) is 11.3. The van der Waals surface area contributed by atoms with Gasteiger partial charge in [-0.05, 0) is 38.1 Å². The van der Waals surface area contributed by atoms with Crippen molar-refractivity contribution in [3.63, 3.8) is 0 Å². The molecule has 1 aromatic rings. The van der Waals surface area contributed by atoms with E-state index in [0.29, 0.717) is 0 Å². The zero-order valence-corrected chi connectivity index (χ0v) is 10.5. The summed E-state index contributed by atoms with van der Waals surface area (Å²) in [7, 11) is 0. The Kier molecular flexibility index (Phi) is 4.58. The standard InChI is InChI=1S/C13H14F3NO2/c1-4-12(18)17-9-5-6-11(19-8(2)3)10(7-9)13(14,15)16/h4-8H,1H2,2-3H3,(H,17,18). The van der Waals surface area contributed by atoms with Crippen LogP contribution in [-0.2, 0) is 11.0 Å². The Morgan fingerprint density at radius 1 is 1.42 bits per heavy atom. The van der Waals surface area contributed by atoms with Crippen LogP contribution in [0.4, 0.5) is 18.9 Å². The van der Waals surface area contributed by atoms with Gasteiger partial charge in [0.1, 0.15) is 5.75 Å². The maximum Gasteiger partial charge on any atom is 0.420 e. The van der Waals surface area contributed by atoms with Crippen LogP contribution in [0.5, 0.6) is 5.75 Å². The zero-order valence-electron chi connectivity index (χ0n) is 10.5. The molecule has 0 fully saturated rings. The molecular weight excluding hydrogens is 259 g/mol. The number of ether oxygens (including phenoxy) is 1. The number of halogens is 3. The van der Waals surface area contributed by atoms with Gasteiger partial charge in [-0.2, -0.15) is 13.2 Å². The molecule has 1 N–H and O–H groups in total. The molecule has 0 saturated carbocycles. The number of anilines is 1. The van der Waals surface area contributed by atoms with Crippen LogP contribution in [0.2, 0.25) is 0 Å². The number of amides is 1. The SMILES string of the molecule is C=CC(=O)Nc1ccc(OC(C)C)c(C(F)(F)F)c1. The van der Waals surface area contributed by atoms with Gasteiger partial charge < -0.3 is 10.1 Å². The molecule has 0 saturated heterocycles. The average Bonchev–Trinajstić information content (AvgIpc) is 2.28. The quantitative estimate of drug-likeness (QED) is 0.851. The van der Waals surface area contributed by atoms with Crippen molar-refractivity contribution in [2.24, 2.45) is 0 Å². The van der Waals surface area contributed by atoms with E-state index >= 15 is 0 Å². The summed E-state index contributed by atoms with van der Waals surface area (Å²) in [5.41, 5.74) is -0.892. The molecule has 1 rings (SSSR count). The minimum absolute atomic E-state index is 0.0355. The molecule has 0 aliphatic heterocycles. The summed E-state index contributed by atoms with van der Waals surface area (Å²) in [5.74, 6) is -0.843. The van der Waals surface area contributed by atoms with Crippen molar-refractivity contribution in [1.82, 2.24) is 0 Å². The van der Waals surface area contributed by atoms with E-state index in [4.69, 9.17) is 4.74 Å². The second-order valence-electron chi connectivity index (χ2n) is 4.07. The van der Waals surface area contributed by atoms with Gasteiger partial charge in [0, 0.05) is 5.69 Å². The minimum atomic E-state index is -4.56. The highest BCUT2D eigenvalue weighted by molar-refractivity contribution is 5.98. The molecule has 0 radical (unpaired) electrons. The second-order valence-corrected chi connectivity index (χ2v) is 4.07. The average molecular weight is 273 g/mol. The van der Waals surface area contributed by atoms with E-state index in [1.165, 1.54) is 12.1 Å². The molecule has 0 heterocycles. The van der Waals surface area contributed by atoms with Crippen LogP contribution in [0.15, 0.2) is 30.9 Å². The van der Waals surface area contributed by atoms with Gasteiger partial charge in [0.05, 0.1) is 11.7 Å². The Hall–Kier alpha value is -1.98. The summed E-state index contributed by atoms with van der Waals surface area (Å²) in [6.07, 6.45) is -3.96. The molecule has 0 atom stereocenters. The number of hydrogen-bond donors (Lipinski definition) is 1. The summed E-state index contributed by atoms with van der Waals surface area (Å²) < 4.78 is 43.8. The Labute approximate surface area is 109 Å². The molecule has 0 unspecified atom stereocenters. The monoisotopic (exact) mass is 273 g/mol. The van der Waals surface area contributed by atoms with Gasteiger partial charge in [-0.25, -0.2) is 0 Å². The van der Waals surface area contributed by atoms with Crippen molar-refractivity contribution in [3.8, 4) is 5.75 Å². The van der Waals surface area contributed by atoms with Gasteiger partial charge in [0.25, 0.3) is 0 Å². The number of carbonyl (C=O) groups is 1. The van der Waals surface area contributed by atoms with Crippen LogP contribution < -0.4 is 10.1 Å². The molecule has 6 heteroatoms. The summed E-state index contributed by atoms with van der Waals surface area (Å²) in [4.78, 5) is 11.1. The molecule has 3 nitrogen and oxygen atoms in total. The molecule has 1 amide bonds. The van der Waals surface area contributed by atoms with E-state index in [-0.39, 0.29) is 17.5 Å². The van der Waals surface area contributed by atoms with Crippen LogP contribution >= 0.6 is 0 Å². The third-order valence-corrected chi connectivity index (χ3v) is 2.10. The largest absolute Gasteiger partial charge is 0.490 e. The van der Waals surface area contributed by atoms with Crippen molar-refractivity contribution in [2.45, 2.75) is 26.1 Å². The topological polar surface area (TPSA) is 38.3 Å². The molecule has 19 heavy (non-hydrogen) atoms. The van der Waals surface area contributed by atoms with Crippen LogP contribution in [0.1, 0.15) is 19.4 Å². The Balaban J connectivity index is 3.15. The van der Waals surface area contributed by atoms with Gasteiger partial charge >= 0.3 is 6.18 Å². The van der Waals surface area contributed by atoms with Gasteiger partial charge in [-0.1, -0.05) is 6.58 Å². The lowest BCUT2D eigenvalue weighted by molar-refractivity contribution is -0.139. The lowest BCUT2D eigenvalue weighted by Gasteiger charge is -2.17. The molecule has 0 aliphatic rings. The first kappa shape index (κ1) is 15.1. The highest BCUT2D eigenvalue weighted by atomic mass is 19.4. The first-order valence-corrected chi connectivity index (χ1v) is 5.55. The molecular formula is C13H14F3NO2. The molecule has 1 aromatic carbocycles. The first-order chi connectivity index (χ1) is 8.74. The molecule has 0 spiro atoms. The number of carbonyl (C=O) groups excluding carboxylic acids is 1. The van der Waals surface area contributed by atoms with E-state index < -0.39 is 17.6 Å². The van der Waals surface area contributed by atoms with E-state index in [1.54, 1.807) is 13.8 Å². The van der Waals surface area contributed by atoms with Gasteiger partial charge in [-0.15, -0.1) is 0 Å².